The summed E-state index contributed by atoms with van der Waals surface area (Å²) in [6.07, 6.45) is 1.09. The van der Waals surface area contributed by atoms with E-state index in [2.05, 4.69) is 18.7 Å². The maximum Gasteiger partial charge on any atom is 0.373 e. The van der Waals surface area contributed by atoms with Crippen LogP contribution in [-0.2, 0) is 20.7 Å². The number of hydrogen-bond acceptors (Lipinski definition) is 8. The van der Waals surface area contributed by atoms with Gasteiger partial charge in [0.1, 0.15) is 5.82 Å². The van der Waals surface area contributed by atoms with E-state index in [1.54, 1.807) is 12.1 Å². The smallest absolute Gasteiger partial charge is 0.373 e. The average Bonchev–Trinajstić information content (AvgIpc) is 2.70. The third kappa shape index (κ3) is 4.81. The molecule has 0 amide bonds. The number of anilines is 1. The molecule has 0 saturated carbocycles. The first kappa shape index (κ1) is 20.4. The van der Waals surface area contributed by atoms with Crippen LogP contribution >= 0.6 is 0 Å². The van der Waals surface area contributed by atoms with Gasteiger partial charge >= 0.3 is 6.15 Å². The fourth-order valence-corrected chi connectivity index (χ4v) is 2.92. The number of morpholine rings is 1. The highest BCUT2D eigenvalue weighted by Gasteiger charge is 2.19. The quantitative estimate of drug-likeness (QED) is 0.868. The molecule has 1 saturated heterocycles. The Kier molecular flexibility index (Phi) is 7.28. The number of nitrogens with zero attached hydrogens (tertiary/aromatic N) is 3. The molecule has 0 radical (unpaired) electrons. The minimum Gasteiger partial charge on any atom is -0.504 e. The van der Waals surface area contributed by atoms with Gasteiger partial charge in [-0.05, 0) is 31.5 Å². The molecule has 0 atom stereocenters. The SMILES string of the molecule is CCc1nc(-c2ccc(O)c(OC)c2)nc(N2CCOCC2)c1C.O=C=O. The number of methoxy groups -OCH3 is 1. The minimum atomic E-state index is 0.109. The third-order valence-electron chi connectivity index (χ3n) is 4.30. The Morgan fingerprint density at radius 1 is 1.26 bits per heavy atom. The molecule has 1 fully saturated rings. The molecule has 2 aromatic rings. The Balaban J connectivity index is 0.000000817. The number of phenolic OH excluding ortho intramolecular Hbond substituents is 1. The van der Waals surface area contributed by atoms with E-state index < -0.39 is 0 Å². The van der Waals surface area contributed by atoms with Crippen molar-refractivity contribution in [1.29, 1.82) is 0 Å². The lowest BCUT2D eigenvalue weighted by Crippen LogP contribution is -2.37. The molecule has 0 spiro atoms. The lowest BCUT2D eigenvalue weighted by atomic mass is 10.1. The molecule has 8 nitrogen and oxygen atoms in total. The van der Waals surface area contributed by atoms with Gasteiger partial charge in [0.05, 0.1) is 20.3 Å². The summed E-state index contributed by atoms with van der Waals surface area (Å²) in [5, 5.41) is 9.80. The van der Waals surface area contributed by atoms with E-state index >= 15 is 0 Å². The van der Waals surface area contributed by atoms with Crippen molar-refractivity contribution < 1.29 is 24.2 Å². The first-order valence-electron chi connectivity index (χ1n) is 8.62. The largest absolute Gasteiger partial charge is 0.504 e. The van der Waals surface area contributed by atoms with Crippen LogP contribution in [0.25, 0.3) is 11.4 Å². The predicted octanol–water partition coefficient (Wildman–Crippen LogP) is 1.98. The van der Waals surface area contributed by atoms with Crippen LogP contribution in [0.4, 0.5) is 5.82 Å². The van der Waals surface area contributed by atoms with Crippen LogP contribution in [0.15, 0.2) is 18.2 Å². The fraction of sp³-hybridized carbons (Fsp3) is 0.421. The highest BCUT2D eigenvalue weighted by atomic mass is 16.5. The average molecular weight is 373 g/mol. The monoisotopic (exact) mass is 373 g/mol. The molecule has 1 aliphatic heterocycles. The number of hydrogen-bond donors (Lipinski definition) is 1. The molecular formula is C19H23N3O5. The third-order valence-corrected chi connectivity index (χ3v) is 4.30. The zero-order valence-corrected chi connectivity index (χ0v) is 15.7. The lowest BCUT2D eigenvalue weighted by molar-refractivity contribution is -0.191. The molecule has 1 aromatic carbocycles. The second kappa shape index (κ2) is 9.66. The van der Waals surface area contributed by atoms with Crippen LogP contribution in [0, 0.1) is 6.92 Å². The number of rotatable bonds is 4. The zero-order valence-electron chi connectivity index (χ0n) is 15.7. The lowest BCUT2D eigenvalue weighted by Gasteiger charge is -2.29. The van der Waals surface area contributed by atoms with Gasteiger partial charge in [-0.15, -0.1) is 0 Å². The summed E-state index contributed by atoms with van der Waals surface area (Å²) in [6, 6.07) is 5.19. The van der Waals surface area contributed by atoms with Gasteiger partial charge in [0.15, 0.2) is 17.3 Å². The molecule has 1 N–H and O–H groups in total. The van der Waals surface area contributed by atoms with Gasteiger partial charge in [-0.25, -0.2) is 9.97 Å². The van der Waals surface area contributed by atoms with Gasteiger partial charge < -0.3 is 19.5 Å². The van der Waals surface area contributed by atoms with E-state index in [4.69, 9.17) is 29.0 Å². The minimum absolute atomic E-state index is 0.109. The first-order chi connectivity index (χ1) is 13.0. The summed E-state index contributed by atoms with van der Waals surface area (Å²) in [7, 11) is 1.53. The van der Waals surface area contributed by atoms with Crippen molar-refractivity contribution in [3.63, 3.8) is 0 Å². The summed E-state index contributed by atoms with van der Waals surface area (Å²) in [4.78, 5) is 28.0. The highest BCUT2D eigenvalue weighted by Crippen LogP contribution is 2.32. The van der Waals surface area contributed by atoms with E-state index in [9.17, 15) is 5.11 Å². The van der Waals surface area contributed by atoms with Gasteiger partial charge in [0.2, 0.25) is 0 Å². The number of aromatic nitrogens is 2. The van der Waals surface area contributed by atoms with E-state index in [-0.39, 0.29) is 11.9 Å². The van der Waals surface area contributed by atoms with E-state index in [1.165, 1.54) is 7.11 Å². The van der Waals surface area contributed by atoms with Crippen molar-refractivity contribution in [2.75, 3.05) is 38.3 Å². The van der Waals surface area contributed by atoms with Crippen molar-refractivity contribution in [3.05, 3.63) is 29.5 Å². The molecule has 27 heavy (non-hydrogen) atoms. The summed E-state index contributed by atoms with van der Waals surface area (Å²) < 4.78 is 10.6. The number of phenols is 1. The molecule has 8 heteroatoms. The molecule has 2 heterocycles. The van der Waals surface area contributed by atoms with Gasteiger partial charge in [-0.3, -0.25) is 0 Å². The maximum absolute atomic E-state index is 9.80. The number of carbonyl (C=O) groups excluding carboxylic acids is 2. The number of ether oxygens (including phenoxy) is 2. The summed E-state index contributed by atoms with van der Waals surface area (Å²) >= 11 is 0. The van der Waals surface area contributed by atoms with Gasteiger partial charge in [-0.1, -0.05) is 6.92 Å². The van der Waals surface area contributed by atoms with Crippen molar-refractivity contribution in [2.24, 2.45) is 0 Å². The molecule has 0 bridgehead atoms. The highest BCUT2D eigenvalue weighted by molar-refractivity contribution is 5.64. The normalized spacial score (nSPS) is 13.4. The summed E-state index contributed by atoms with van der Waals surface area (Å²) in [6.45, 7) is 7.27. The second-order valence-electron chi connectivity index (χ2n) is 5.87. The van der Waals surface area contributed by atoms with Crippen LogP contribution in [0.2, 0.25) is 0 Å². The zero-order chi connectivity index (χ0) is 19.8. The molecular weight excluding hydrogens is 350 g/mol. The Labute approximate surface area is 157 Å². The van der Waals surface area contributed by atoms with Crippen LogP contribution < -0.4 is 9.64 Å². The van der Waals surface area contributed by atoms with Crippen molar-refractivity contribution in [2.45, 2.75) is 20.3 Å². The number of aryl methyl sites for hydroxylation is 1. The van der Waals surface area contributed by atoms with Crippen molar-refractivity contribution in [1.82, 2.24) is 9.97 Å². The Morgan fingerprint density at radius 2 is 1.93 bits per heavy atom. The Bertz CT molecular complexity index is 813. The van der Waals surface area contributed by atoms with E-state index in [1.807, 2.05) is 6.07 Å². The predicted molar refractivity (Wildman–Crippen MR) is 97.8 cm³/mol. The molecule has 144 valence electrons. The standard InChI is InChI=1S/C18H23N3O3.CO2/c1-4-14-12(2)18(21-7-9-24-10-8-21)20-17(19-14)13-5-6-15(22)16(11-13)23-3;2-1-3/h5-6,11,22H,4,7-10H2,1-3H3;. The first-order valence-corrected chi connectivity index (χ1v) is 8.62. The van der Waals surface area contributed by atoms with Gasteiger partial charge in [-0.2, -0.15) is 9.59 Å². The van der Waals surface area contributed by atoms with Crippen LogP contribution in [-0.4, -0.2) is 54.6 Å². The van der Waals surface area contributed by atoms with Crippen molar-refractivity contribution in [3.8, 4) is 22.9 Å². The fourth-order valence-electron chi connectivity index (χ4n) is 2.92. The van der Waals surface area contributed by atoms with Crippen molar-refractivity contribution >= 4 is 12.0 Å². The summed E-state index contributed by atoms with van der Waals surface area (Å²) in [5.41, 5.74) is 2.98. The Hall–Kier alpha value is -2.96. The molecule has 3 rings (SSSR count). The Morgan fingerprint density at radius 3 is 2.52 bits per heavy atom. The van der Waals surface area contributed by atoms with Gasteiger partial charge in [0.25, 0.3) is 0 Å². The number of aromatic hydroxyl groups is 1. The van der Waals surface area contributed by atoms with Crippen LogP contribution in [0.3, 0.4) is 0 Å². The molecule has 1 aliphatic rings. The van der Waals surface area contributed by atoms with E-state index in [0.29, 0.717) is 24.8 Å². The molecule has 1 aromatic heterocycles. The van der Waals surface area contributed by atoms with Gasteiger partial charge in [0, 0.05) is 29.9 Å². The topological polar surface area (TPSA) is 102 Å². The molecule has 0 aliphatic carbocycles. The summed E-state index contributed by atoms with van der Waals surface area (Å²) in [5.74, 6) is 2.14. The number of benzene rings is 1. The van der Waals surface area contributed by atoms with E-state index in [0.717, 1.165) is 42.1 Å². The maximum atomic E-state index is 9.80. The molecule has 0 unspecified atom stereocenters. The van der Waals surface area contributed by atoms with Crippen LogP contribution in [0.1, 0.15) is 18.2 Å². The second-order valence-corrected chi connectivity index (χ2v) is 5.87. The van der Waals surface area contributed by atoms with Crippen LogP contribution in [0.5, 0.6) is 11.5 Å².